The summed E-state index contributed by atoms with van der Waals surface area (Å²) in [5, 5.41) is 13.1. The topological polar surface area (TPSA) is 54.0 Å². The van der Waals surface area contributed by atoms with Gasteiger partial charge in [-0.1, -0.05) is 0 Å². The molecule has 0 aromatic rings. The molecule has 0 amide bonds. The Balaban J connectivity index is 1.92. The quantitative estimate of drug-likeness (QED) is 0.547. The molecule has 1 rings (SSSR count). The van der Waals surface area contributed by atoms with E-state index in [-0.39, 0.29) is 0 Å². The van der Waals surface area contributed by atoms with E-state index in [0.29, 0.717) is 39.0 Å². The van der Waals surface area contributed by atoms with Gasteiger partial charge in [-0.2, -0.15) is 0 Å². The van der Waals surface area contributed by atoms with Crippen molar-refractivity contribution < 1.29 is 14.6 Å². The molecule has 1 heterocycles. The Bertz CT molecular complexity index is 193. The maximum Gasteiger partial charge on any atom is 0.0897 e. The minimum atomic E-state index is -0.428. The predicted molar refractivity (Wildman–Crippen MR) is 67.2 cm³/mol. The second kappa shape index (κ2) is 8.83. The van der Waals surface area contributed by atoms with Crippen LogP contribution >= 0.6 is 0 Å². The van der Waals surface area contributed by atoms with Crippen LogP contribution in [0, 0.1) is 0 Å². The molecule has 1 aliphatic rings. The van der Waals surface area contributed by atoms with E-state index in [4.69, 9.17) is 9.47 Å². The molecule has 2 unspecified atom stereocenters. The van der Waals surface area contributed by atoms with Gasteiger partial charge >= 0.3 is 0 Å². The van der Waals surface area contributed by atoms with Crippen LogP contribution in [0.1, 0.15) is 13.3 Å². The lowest BCUT2D eigenvalue weighted by Crippen LogP contribution is -2.38. The van der Waals surface area contributed by atoms with Gasteiger partial charge in [0.1, 0.15) is 0 Å². The summed E-state index contributed by atoms with van der Waals surface area (Å²) in [5.41, 5.74) is 0. The maximum absolute atomic E-state index is 9.69. The Morgan fingerprint density at radius 1 is 1.41 bits per heavy atom. The Labute approximate surface area is 104 Å². The number of nitrogens with one attached hydrogen (secondary N) is 1. The molecule has 0 radical (unpaired) electrons. The summed E-state index contributed by atoms with van der Waals surface area (Å²) in [4.78, 5) is 2.29. The molecule has 0 aliphatic carbocycles. The van der Waals surface area contributed by atoms with E-state index in [1.807, 2.05) is 6.92 Å². The van der Waals surface area contributed by atoms with Crippen molar-refractivity contribution in [2.24, 2.45) is 0 Å². The summed E-state index contributed by atoms with van der Waals surface area (Å²) < 4.78 is 10.4. The number of nitrogens with zero attached hydrogens (tertiary/aromatic N) is 1. The lowest BCUT2D eigenvalue weighted by atomic mass is 10.2. The van der Waals surface area contributed by atoms with Crippen molar-refractivity contribution in [2.75, 3.05) is 53.1 Å². The number of likely N-dealkylation sites (N-methyl/N-ethyl adjacent to an activating group) is 1. The third-order valence-electron chi connectivity index (χ3n) is 2.92. The summed E-state index contributed by atoms with van der Waals surface area (Å²) >= 11 is 0. The molecule has 0 aromatic carbocycles. The Morgan fingerprint density at radius 3 is 2.82 bits per heavy atom. The first kappa shape index (κ1) is 14.9. The molecule has 2 atom stereocenters. The molecule has 1 fully saturated rings. The Morgan fingerprint density at radius 2 is 2.18 bits per heavy atom. The Kier molecular flexibility index (Phi) is 7.72. The summed E-state index contributed by atoms with van der Waals surface area (Å²) in [6.45, 7) is 7.01. The van der Waals surface area contributed by atoms with E-state index < -0.39 is 6.10 Å². The zero-order valence-corrected chi connectivity index (χ0v) is 11.0. The number of aliphatic hydroxyl groups is 1. The highest BCUT2D eigenvalue weighted by Crippen LogP contribution is 2.05. The van der Waals surface area contributed by atoms with E-state index in [1.165, 1.54) is 0 Å². The van der Waals surface area contributed by atoms with Crippen LogP contribution in [0.3, 0.4) is 0 Å². The van der Waals surface area contributed by atoms with Crippen molar-refractivity contribution in [3.05, 3.63) is 0 Å². The highest BCUT2D eigenvalue weighted by Gasteiger charge is 2.19. The number of aliphatic hydroxyl groups excluding tert-OH is 1. The molecule has 102 valence electrons. The number of hydrogen-bond donors (Lipinski definition) is 2. The van der Waals surface area contributed by atoms with Crippen molar-refractivity contribution in [3.8, 4) is 0 Å². The highest BCUT2D eigenvalue weighted by molar-refractivity contribution is 4.79. The van der Waals surface area contributed by atoms with Crippen molar-refractivity contribution in [1.29, 1.82) is 0 Å². The SMILES string of the molecule is CCOCCOCC(O)CNC1CCN(C)C1. The van der Waals surface area contributed by atoms with Gasteiger partial charge in [-0.3, -0.25) is 0 Å². The van der Waals surface area contributed by atoms with Crippen molar-refractivity contribution >= 4 is 0 Å². The molecule has 0 spiro atoms. The maximum atomic E-state index is 9.69. The number of ether oxygens (including phenoxy) is 2. The molecule has 0 saturated carbocycles. The molecule has 1 aliphatic heterocycles. The van der Waals surface area contributed by atoms with Gasteiger partial charge in [-0.05, 0) is 26.9 Å². The number of rotatable bonds is 9. The van der Waals surface area contributed by atoms with Crippen LogP contribution in [0.2, 0.25) is 0 Å². The van der Waals surface area contributed by atoms with E-state index in [2.05, 4.69) is 17.3 Å². The second-order valence-corrected chi connectivity index (χ2v) is 4.58. The van der Waals surface area contributed by atoms with Crippen LogP contribution < -0.4 is 5.32 Å². The van der Waals surface area contributed by atoms with E-state index in [1.54, 1.807) is 0 Å². The van der Waals surface area contributed by atoms with Crippen LogP contribution in [0.4, 0.5) is 0 Å². The van der Waals surface area contributed by atoms with Gasteiger partial charge in [0.15, 0.2) is 0 Å². The normalized spacial score (nSPS) is 23.1. The number of hydrogen-bond acceptors (Lipinski definition) is 5. The standard InChI is InChI=1S/C12H26N2O3/c1-3-16-6-7-17-10-12(15)8-13-11-4-5-14(2)9-11/h11-13,15H,3-10H2,1-2H3. The molecular formula is C12H26N2O3. The molecule has 5 nitrogen and oxygen atoms in total. The van der Waals surface area contributed by atoms with Gasteiger partial charge in [0.2, 0.25) is 0 Å². The zero-order valence-electron chi connectivity index (χ0n) is 11.0. The monoisotopic (exact) mass is 246 g/mol. The molecule has 0 bridgehead atoms. The van der Waals surface area contributed by atoms with Gasteiger partial charge in [-0.15, -0.1) is 0 Å². The highest BCUT2D eigenvalue weighted by atomic mass is 16.5. The third-order valence-corrected chi connectivity index (χ3v) is 2.92. The van der Waals surface area contributed by atoms with Gasteiger partial charge in [-0.25, -0.2) is 0 Å². The smallest absolute Gasteiger partial charge is 0.0897 e. The summed E-state index contributed by atoms with van der Waals surface area (Å²) in [6.07, 6.45) is 0.733. The minimum absolute atomic E-state index is 0.378. The van der Waals surface area contributed by atoms with E-state index in [9.17, 15) is 5.11 Å². The third kappa shape index (κ3) is 6.95. The van der Waals surface area contributed by atoms with Crippen molar-refractivity contribution in [2.45, 2.75) is 25.5 Å². The Hall–Kier alpha value is -0.200. The van der Waals surface area contributed by atoms with E-state index in [0.717, 1.165) is 19.5 Å². The first-order valence-corrected chi connectivity index (χ1v) is 6.47. The summed E-state index contributed by atoms with van der Waals surface area (Å²) in [6, 6.07) is 0.512. The van der Waals surface area contributed by atoms with Gasteiger partial charge in [0.25, 0.3) is 0 Å². The minimum Gasteiger partial charge on any atom is -0.389 e. The molecule has 2 N–H and O–H groups in total. The average molecular weight is 246 g/mol. The fraction of sp³-hybridized carbons (Fsp3) is 1.00. The summed E-state index contributed by atoms with van der Waals surface area (Å²) in [7, 11) is 2.12. The first-order chi connectivity index (χ1) is 8.22. The van der Waals surface area contributed by atoms with Crippen LogP contribution in [-0.2, 0) is 9.47 Å². The fourth-order valence-electron chi connectivity index (χ4n) is 1.94. The lowest BCUT2D eigenvalue weighted by Gasteiger charge is -2.16. The molecular weight excluding hydrogens is 220 g/mol. The lowest BCUT2D eigenvalue weighted by molar-refractivity contribution is 0.00583. The van der Waals surface area contributed by atoms with E-state index >= 15 is 0 Å². The predicted octanol–water partition coefficient (Wildman–Crippen LogP) is -0.306. The fourth-order valence-corrected chi connectivity index (χ4v) is 1.94. The second-order valence-electron chi connectivity index (χ2n) is 4.58. The number of likely N-dealkylation sites (tertiary alicyclic amines) is 1. The van der Waals surface area contributed by atoms with Crippen LogP contribution in [-0.4, -0.2) is 75.3 Å². The van der Waals surface area contributed by atoms with Crippen LogP contribution in [0.25, 0.3) is 0 Å². The van der Waals surface area contributed by atoms with Gasteiger partial charge in [0, 0.05) is 25.7 Å². The van der Waals surface area contributed by atoms with Gasteiger partial charge in [0.05, 0.1) is 25.9 Å². The first-order valence-electron chi connectivity index (χ1n) is 6.47. The molecule has 5 heteroatoms. The molecule has 1 saturated heterocycles. The summed E-state index contributed by atoms with van der Waals surface area (Å²) in [5.74, 6) is 0. The van der Waals surface area contributed by atoms with Crippen LogP contribution in [0.15, 0.2) is 0 Å². The van der Waals surface area contributed by atoms with Crippen molar-refractivity contribution in [1.82, 2.24) is 10.2 Å². The molecule has 17 heavy (non-hydrogen) atoms. The molecule has 0 aromatic heterocycles. The average Bonchev–Trinajstić information content (AvgIpc) is 2.72. The van der Waals surface area contributed by atoms with Gasteiger partial charge < -0.3 is 24.8 Å². The van der Waals surface area contributed by atoms with Crippen molar-refractivity contribution in [3.63, 3.8) is 0 Å². The largest absolute Gasteiger partial charge is 0.389 e. The van der Waals surface area contributed by atoms with Crippen LogP contribution in [0.5, 0.6) is 0 Å². The zero-order chi connectivity index (χ0) is 12.5.